The SMILES string of the molecule is CC(C)(C)SCc1noc(CCCC(=O)O)n1. The van der Waals surface area contributed by atoms with Gasteiger partial charge in [0.05, 0.1) is 5.75 Å². The molecule has 0 aromatic carbocycles. The van der Waals surface area contributed by atoms with Crippen molar-refractivity contribution in [2.75, 3.05) is 0 Å². The van der Waals surface area contributed by atoms with Crippen LogP contribution in [0.1, 0.15) is 45.3 Å². The van der Waals surface area contributed by atoms with Crippen molar-refractivity contribution < 1.29 is 14.4 Å². The first kappa shape index (κ1) is 14.0. The van der Waals surface area contributed by atoms with Crippen molar-refractivity contribution in [3.05, 3.63) is 11.7 Å². The zero-order chi connectivity index (χ0) is 12.9. The van der Waals surface area contributed by atoms with Crippen LogP contribution in [0.5, 0.6) is 0 Å². The maximum atomic E-state index is 10.3. The van der Waals surface area contributed by atoms with Crippen LogP contribution in [0.15, 0.2) is 4.52 Å². The van der Waals surface area contributed by atoms with E-state index in [1.54, 1.807) is 11.8 Å². The summed E-state index contributed by atoms with van der Waals surface area (Å²) in [6.07, 6.45) is 1.19. The lowest BCUT2D eigenvalue weighted by Crippen LogP contribution is -2.07. The number of carboxylic acids is 1. The minimum atomic E-state index is -0.798. The van der Waals surface area contributed by atoms with Crippen LogP contribution in [-0.4, -0.2) is 26.0 Å². The molecule has 0 aliphatic carbocycles. The van der Waals surface area contributed by atoms with Crippen LogP contribution in [0, 0.1) is 0 Å². The smallest absolute Gasteiger partial charge is 0.303 e. The van der Waals surface area contributed by atoms with Crippen molar-refractivity contribution in [3.63, 3.8) is 0 Å². The lowest BCUT2D eigenvalue weighted by molar-refractivity contribution is -0.137. The van der Waals surface area contributed by atoms with Gasteiger partial charge in [0.15, 0.2) is 5.82 Å². The van der Waals surface area contributed by atoms with Gasteiger partial charge in [0.25, 0.3) is 0 Å². The highest BCUT2D eigenvalue weighted by Gasteiger charge is 2.13. The summed E-state index contributed by atoms with van der Waals surface area (Å²) in [5.41, 5.74) is 0. The van der Waals surface area contributed by atoms with E-state index in [0.29, 0.717) is 30.3 Å². The van der Waals surface area contributed by atoms with Crippen LogP contribution in [-0.2, 0) is 17.0 Å². The van der Waals surface area contributed by atoms with Crippen molar-refractivity contribution in [2.45, 2.75) is 50.5 Å². The molecule has 0 unspecified atom stereocenters. The van der Waals surface area contributed by atoms with Crippen molar-refractivity contribution >= 4 is 17.7 Å². The number of carbonyl (C=O) groups is 1. The fourth-order valence-corrected chi connectivity index (χ4v) is 1.80. The molecule has 6 heteroatoms. The summed E-state index contributed by atoms with van der Waals surface area (Å²) in [5, 5.41) is 12.4. The summed E-state index contributed by atoms with van der Waals surface area (Å²) in [4.78, 5) is 14.6. The number of aliphatic carboxylic acids is 1. The first-order valence-electron chi connectivity index (χ1n) is 5.54. The van der Waals surface area contributed by atoms with Gasteiger partial charge < -0.3 is 9.63 Å². The Bertz CT molecular complexity index is 371. The summed E-state index contributed by atoms with van der Waals surface area (Å²) in [6.45, 7) is 6.39. The Labute approximate surface area is 105 Å². The first-order valence-corrected chi connectivity index (χ1v) is 6.52. The highest BCUT2D eigenvalue weighted by molar-refractivity contribution is 7.99. The molecule has 1 N–H and O–H groups in total. The van der Waals surface area contributed by atoms with Crippen molar-refractivity contribution in [2.24, 2.45) is 0 Å². The Morgan fingerprint density at radius 3 is 2.76 bits per heavy atom. The average molecular weight is 258 g/mol. The molecule has 1 aromatic rings. The minimum absolute atomic E-state index is 0.133. The van der Waals surface area contributed by atoms with Gasteiger partial charge in [-0.15, -0.1) is 11.8 Å². The Balaban J connectivity index is 2.35. The highest BCUT2D eigenvalue weighted by Crippen LogP contribution is 2.26. The molecule has 5 nitrogen and oxygen atoms in total. The molecule has 0 amide bonds. The molecular formula is C11H18N2O3S. The molecule has 1 heterocycles. The molecule has 1 rings (SSSR count). The zero-order valence-electron chi connectivity index (χ0n) is 10.4. The van der Waals surface area contributed by atoms with Gasteiger partial charge in [-0.05, 0) is 6.42 Å². The molecule has 1 aromatic heterocycles. The van der Waals surface area contributed by atoms with Crippen molar-refractivity contribution in [1.29, 1.82) is 0 Å². The van der Waals surface area contributed by atoms with E-state index in [9.17, 15) is 4.79 Å². The number of hydrogen-bond donors (Lipinski definition) is 1. The van der Waals surface area contributed by atoms with E-state index in [1.807, 2.05) is 0 Å². The van der Waals surface area contributed by atoms with Crippen molar-refractivity contribution in [1.82, 2.24) is 10.1 Å². The third kappa shape index (κ3) is 6.31. The number of nitrogens with zero attached hydrogens (tertiary/aromatic N) is 2. The van der Waals surface area contributed by atoms with Gasteiger partial charge in [0.2, 0.25) is 5.89 Å². The van der Waals surface area contributed by atoms with E-state index in [0.717, 1.165) is 0 Å². The molecule has 0 saturated heterocycles. The lowest BCUT2D eigenvalue weighted by atomic mass is 10.2. The maximum absolute atomic E-state index is 10.3. The molecule has 0 aliphatic heterocycles. The number of hydrogen-bond acceptors (Lipinski definition) is 5. The zero-order valence-corrected chi connectivity index (χ0v) is 11.2. The van der Waals surface area contributed by atoms with Gasteiger partial charge in [0.1, 0.15) is 0 Å². The van der Waals surface area contributed by atoms with Gasteiger partial charge in [0, 0.05) is 17.6 Å². The number of aryl methyl sites for hydroxylation is 1. The highest BCUT2D eigenvalue weighted by atomic mass is 32.2. The molecule has 17 heavy (non-hydrogen) atoms. The predicted molar refractivity (Wildman–Crippen MR) is 65.9 cm³/mol. The molecule has 96 valence electrons. The second kappa shape index (κ2) is 6.05. The summed E-state index contributed by atoms with van der Waals surface area (Å²) in [7, 11) is 0. The molecule has 0 atom stereocenters. The van der Waals surface area contributed by atoms with E-state index < -0.39 is 5.97 Å². The van der Waals surface area contributed by atoms with Crippen LogP contribution in [0.2, 0.25) is 0 Å². The number of aromatic nitrogens is 2. The van der Waals surface area contributed by atoms with Crippen LogP contribution in [0.3, 0.4) is 0 Å². The number of thioether (sulfide) groups is 1. The summed E-state index contributed by atoms with van der Waals surface area (Å²) in [5.74, 6) is 1.12. The normalized spacial score (nSPS) is 11.7. The molecule has 0 fully saturated rings. The third-order valence-electron chi connectivity index (χ3n) is 1.93. The Morgan fingerprint density at radius 2 is 2.18 bits per heavy atom. The monoisotopic (exact) mass is 258 g/mol. The number of carboxylic acid groups (broad SMARTS) is 1. The fraction of sp³-hybridized carbons (Fsp3) is 0.727. The first-order chi connectivity index (χ1) is 7.87. The Morgan fingerprint density at radius 1 is 1.47 bits per heavy atom. The molecule has 0 bridgehead atoms. The lowest BCUT2D eigenvalue weighted by Gasteiger charge is -2.15. The molecular weight excluding hydrogens is 240 g/mol. The Hall–Kier alpha value is -1.04. The maximum Gasteiger partial charge on any atom is 0.303 e. The average Bonchev–Trinajstić information content (AvgIpc) is 2.61. The van der Waals surface area contributed by atoms with Crippen LogP contribution >= 0.6 is 11.8 Å². The van der Waals surface area contributed by atoms with Gasteiger partial charge >= 0.3 is 5.97 Å². The second-order valence-electron chi connectivity index (χ2n) is 4.75. The minimum Gasteiger partial charge on any atom is -0.481 e. The topological polar surface area (TPSA) is 76.2 Å². The summed E-state index contributed by atoms with van der Waals surface area (Å²) in [6, 6.07) is 0. The molecule has 0 aliphatic rings. The molecule has 0 radical (unpaired) electrons. The fourth-order valence-electron chi connectivity index (χ4n) is 1.12. The predicted octanol–water partition coefficient (Wildman–Crippen LogP) is 2.51. The largest absolute Gasteiger partial charge is 0.481 e. The summed E-state index contributed by atoms with van der Waals surface area (Å²) < 4.78 is 5.22. The second-order valence-corrected chi connectivity index (χ2v) is 6.55. The van der Waals surface area contributed by atoms with E-state index >= 15 is 0 Å². The Kier molecular flexibility index (Phi) is 4.99. The van der Waals surface area contributed by atoms with E-state index in [4.69, 9.17) is 9.63 Å². The van der Waals surface area contributed by atoms with Gasteiger partial charge in [-0.3, -0.25) is 4.79 Å². The van der Waals surface area contributed by atoms with E-state index in [2.05, 4.69) is 30.9 Å². The van der Waals surface area contributed by atoms with Crippen LogP contribution < -0.4 is 0 Å². The van der Waals surface area contributed by atoms with Crippen molar-refractivity contribution in [3.8, 4) is 0 Å². The van der Waals surface area contributed by atoms with Gasteiger partial charge in [-0.2, -0.15) is 4.98 Å². The van der Waals surface area contributed by atoms with Crippen LogP contribution in [0.25, 0.3) is 0 Å². The third-order valence-corrected chi connectivity index (χ3v) is 3.19. The van der Waals surface area contributed by atoms with Gasteiger partial charge in [-0.1, -0.05) is 25.9 Å². The standard InChI is InChI=1S/C11H18N2O3S/c1-11(2,3)17-7-8-12-9(16-13-8)5-4-6-10(14)15/h4-7H2,1-3H3,(H,14,15). The molecule has 0 saturated carbocycles. The van der Waals surface area contributed by atoms with E-state index in [1.165, 1.54) is 0 Å². The van der Waals surface area contributed by atoms with E-state index in [-0.39, 0.29) is 11.2 Å². The quantitative estimate of drug-likeness (QED) is 0.844. The van der Waals surface area contributed by atoms with Crippen LogP contribution in [0.4, 0.5) is 0 Å². The molecule has 0 spiro atoms. The number of rotatable bonds is 6. The summed E-state index contributed by atoms with van der Waals surface area (Å²) >= 11 is 1.75. The van der Waals surface area contributed by atoms with Gasteiger partial charge in [-0.25, -0.2) is 0 Å².